The van der Waals surface area contributed by atoms with Gasteiger partial charge in [0.2, 0.25) is 5.91 Å². The first-order chi connectivity index (χ1) is 11.1. The summed E-state index contributed by atoms with van der Waals surface area (Å²) in [4.78, 5) is 29.2. The average molecular weight is 315 g/mol. The van der Waals surface area contributed by atoms with Crippen LogP contribution in [0.15, 0.2) is 41.3 Å². The van der Waals surface area contributed by atoms with Crippen LogP contribution < -0.4 is 10.5 Å². The largest absolute Gasteiger partial charge is 0.488 e. The van der Waals surface area contributed by atoms with Crippen molar-refractivity contribution in [3.05, 3.63) is 48.2 Å². The van der Waals surface area contributed by atoms with Crippen molar-refractivity contribution < 1.29 is 18.7 Å². The van der Waals surface area contributed by atoms with Crippen molar-refractivity contribution in [2.24, 2.45) is 5.73 Å². The van der Waals surface area contributed by atoms with Gasteiger partial charge in [-0.05, 0) is 18.2 Å². The van der Waals surface area contributed by atoms with Crippen LogP contribution in [-0.4, -0.2) is 40.9 Å². The van der Waals surface area contributed by atoms with E-state index >= 15 is 0 Å². The Kier molecular flexibility index (Phi) is 4.27. The Morgan fingerprint density at radius 2 is 2.13 bits per heavy atom. The standard InChI is InChI=1S/C16H17N3O4/c17-15(20)9-14-13(4-8-22-14)16(21)19-7-3-12(10-19)23-11-1-5-18-6-2-11/h1-2,4-6,8,12H,3,7,9-10H2,(H2,17,20)/t12-/m1/s1. The molecule has 0 spiro atoms. The lowest BCUT2D eigenvalue weighted by Gasteiger charge is -2.17. The van der Waals surface area contributed by atoms with Crippen LogP contribution in [0.4, 0.5) is 0 Å². The molecule has 120 valence electrons. The third-order valence-corrected chi connectivity index (χ3v) is 3.70. The van der Waals surface area contributed by atoms with Crippen molar-refractivity contribution in [1.82, 2.24) is 9.88 Å². The first-order valence-electron chi connectivity index (χ1n) is 7.34. The number of amides is 2. The Labute approximate surface area is 133 Å². The van der Waals surface area contributed by atoms with Crippen molar-refractivity contribution in [2.45, 2.75) is 18.9 Å². The lowest BCUT2D eigenvalue weighted by atomic mass is 10.2. The molecule has 1 saturated heterocycles. The maximum absolute atomic E-state index is 12.6. The number of nitrogens with two attached hydrogens (primary N) is 1. The highest BCUT2D eigenvalue weighted by Crippen LogP contribution is 2.21. The van der Waals surface area contributed by atoms with E-state index in [1.54, 1.807) is 35.5 Å². The molecule has 7 heteroatoms. The van der Waals surface area contributed by atoms with E-state index in [0.29, 0.717) is 24.4 Å². The highest BCUT2D eigenvalue weighted by Gasteiger charge is 2.30. The zero-order valence-electron chi connectivity index (χ0n) is 12.5. The number of pyridine rings is 1. The van der Waals surface area contributed by atoms with Crippen LogP contribution in [0.2, 0.25) is 0 Å². The number of carbonyl (C=O) groups is 2. The van der Waals surface area contributed by atoms with Crippen LogP contribution in [0, 0.1) is 0 Å². The van der Waals surface area contributed by atoms with E-state index in [4.69, 9.17) is 14.9 Å². The lowest BCUT2D eigenvalue weighted by Crippen LogP contribution is -2.31. The maximum atomic E-state index is 12.6. The molecule has 0 aliphatic carbocycles. The van der Waals surface area contributed by atoms with Gasteiger partial charge in [0.05, 0.1) is 24.8 Å². The number of rotatable bonds is 5. The number of ether oxygens (including phenoxy) is 1. The normalized spacial score (nSPS) is 17.2. The van der Waals surface area contributed by atoms with Crippen LogP contribution in [0.5, 0.6) is 5.75 Å². The third-order valence-electron chi connectivity index (χ3n) is 3.70. The van der Waals surface area contributed by atoms with Crippen molar-refractivity contribution in [3.63, 3.8) is 0 Å². The summed E-state index contributed by atoms with van der Waals surface area (Å²) in [5, 5.41) is 0. The summed E-state index contributed by atoms with van der Waals surface area (Å²) in [6, 6.07) is 5.13. The molecule has 1 aliphatic heterocycles. The molecule has 0 unspecified atom stereocenters. The van der Waals surface area contributed by atoms with Gasteiger partial charge < -0.3 is 19.8 Å². The number of hydrogen-bond acceptors (Lipinski definition) is 5. The summed E-state index contributed by atoms with van der Waals surface area (Å²) >= 11 is 0. The fourth-order valence-electron chi connectivity index (χ4n) is 2.61. The smallest absolute Gasteiger partial charge is 0.257 e. The van der Waals surface area contributed by atoms with Gasteiger partial charge in [0.25, 0.3) is 5.91 Å². The van der Waals surface area contributed by atoms with E-state index in [2.05, 4.69) is 4.98 Å². The van der Waals surface area contributed by atoms with Crippen molar-refractivity contribution in [1.29, 1.82) is 0 Å². The summed E-state index contributed by atoms with van der Waals surface area (Å²) < 4.78 is 11.0. The molecule has 23 heavy (non-hydrogen) atoms. The van der Waals surface area contributed by atoms with E-state index < -0.39 is 5.91 Å². The lowest BCUT2D eigenvalue weighted by molar-refractivity contribution is -0.117. The second kappa shape index (κ2) is 6.51. The minimum absolute atomic E-state index is 0.0622. The molecule has 7 nitrogen and oxygen atoms in total. The van der Waals surface area contributed by atoms with E-state index in [-0.39, 0.29) is 18.4 Å². The fourth-order valence-corrected chi connectivity index (χ4v) is 2.61. The van der Waals surface area contributed by atoms with Gasteiger partial charge in [-0.3, -0.25) is 14.6 Å². The van der Waals surface area contributed by atoms with Gasteiger partial charge in [-0.1, -0.05) is 0 Å². The van der Waals surface area contributed by atoms with Gasteiger partial charge in [0.15, 0.2) is 0 Å². The molecule has 0 radical (unpaired) electrons. The van der Waals surface area contributed by atoms with Crippen LogP contribution in [0.1, 0.15) is 22.5 Å². The molecule has 2 aromatic rings. The zero-order chi connectivity index (χ0) is 16.2. The summed E-state index contributed by atoms with van der Waals surface area (Å²) in [5.74, 6) is 0.336. The van der Waals surface area contributed by atoms with Crippen molar-refractivity contribution >= 4 is 11.8 Å². The number of carbonyl (C=O) groups excluding carboxylic acids is 2. The van der Waals surface area contributed by atoms with Crippen LogP contribution in [0.25, 0.3) is 0 Å². The predicted octanol–water partition coefficient (Wildman–Crippen LogP) is 0.996. The third kappa shape index (κ3) is 3.50. The molecule has 0 saturated carbocycles. The maximum Gasteiger partial charge on any atom is 0.257 e. The monoisotopic (exact) mass is 315 g/mol. The Bertz CT molecular complexity index is 698. The molecule has 1 atom stereocenters. The summed E-state index contributed by atoms with van der Waals surface area (Å²) in [5.41, 5.74) is 5.55. The first-order valence-corrected chi connectivity index (χ1v) is 7.34. The highest BCUT2D eigenvalue weighted by atomic mass is 16.5. The Morgan fingerprint density at radius 1 is 1.35 bits per heavy atom. The number of primary amides is 1. The number of nitrogens with zero attached hydrogens (tertiary/aromatic N) is 2. The molecule has 2 amide bonds. The molecule has 3 heterocycles. The Hall–Kier alpha value is -2.83. The molecular weight excluding hydrogens is 298 g/mol. The summed E-state index contributed by atoms with van der Waals surface area (Å²) in [6.07, 6.45) is 5.32. The van der Waals surface area contributed by atoms with Crippen LogP contribution in [-0.2, 0) is 11.2 Å². The summed E-state index contributed by atoms with van der Waals surface area (Å²) in [7, 11) is 0. The zero-order valence-corrected chi connectivity index (χ0v) is 12.5. The molecule has 2 aromatic heterocycles. The first kappa shape index (κ1) is 15.1. The minimum Gasteiger partial charge on any atom is -0.488 e. The van der Waals surface area contributed by atoms with Gasteiger partial charge in [-0.25, -0.2) is 0 Å². The molecule has 0 aromatic carbocycles. The molecule has 0 bridgehead atoms. The van der Waals surface area contributed by atoms with E-state index in [9.17, 15) is 9.59 Å². The fraction of sp³-hybridized carbons (Fsp3) is 0.312. The Balaban J connectivity index is 1.63. The van der Waals surface area contributed by atoms with E-state index in [0.717, 1.165) is 12.2 Å². The van der Waals surface area contributed by atoms with Gasteiger partial charge in [-0.15, -0.1) is 0 Å². The number of hydrogen-bond donors (Lipinski definition) is 1. The number of aromatic nitrogens is 1. The number of furan rings is 1. The Morgan fingerprint density at radius 3 is 2.87 bits per heavy atom. The van der Waals surface area contributed by atoms with E-state index in [1.807, 2.05) is 0 Å². The molecule has 1 aliphatic rings. The van der Waals surface area contributed by atoms with Gasteiger partial charge in [0.1, 0.15) is 17.6 Å². The van der Waals surface area contributed by atoms with Gasteiger partial charge in [0, 0.05) is 25.4 Å². The summed E-state index contributed by atoms with van der Waals surface area (Å²) in [6.45, 7) is 1.08. The van der Waals surface area contributed by atoms with Crippen molar-refractivity contribution in [3.8, 4) is 5.75 Å². The van der Waals surface area contributed by atoms with Crippen LogP contribution >= 0.6 is 0 Å². The van der Waals surface area contributed by atoms with Crippen LogP contribution in [0.3, 0.4) is 0 Å². The van der Waals surface area contributed by atoms with E-state index in [1.165, 1.54) is 6.26 Å². The molecular formula is C16H17N3O4. The average Bonchev–Trinajstić information content (AvgIpc) is 3.17. The quantitative estimate of drug-likeness (QED) is 0.887. The number of likely N-dealkylation sites (tertiary alicyclic amines) is 1. The predicted molar refractivity (Wildman–Crippen MR) is 80.8 cm³/mol. The van der Waals surface area contributed by atoms with Crippen molar-refractivity contribution in [2.75, 3.05) is 13.1 Å². The highest BCUT2D eigenvalue weighted by molar-refractivity contribution is 5.96. The van der Waals surface area contributed by atoms with Gasteiger partial charge in [-0.2, -0.15) is 0 Å². The second-order valence-corrected chi connectivity index (χ2v) is 5.36. The molecule has 2 N–H and O–H groups in total. The SMILES string of the molecule is NC(=O)Cc1occc1C(=O)N1CC[C@@H](Oc2ccncc2)C1. The second-order valence-electron chi connectivity index (χ2n) is 5.36. The molecule has 1 fully saturated rings. The topological polar surface area (TPSA) is 98.7 Å². The van der Waals surface area contributed by atoms with Gasteiger partial charge >= 0.3 is 0 Å². The molecule has 3 rings (SSSR count). The minimum atomic E-state index is -0.533.